The quantitative estimate of drug-likeness (QED) is 0.730. The third-order valence-electron chi connectivity index (χ3n) is 3.72. The second kappa shape index (κ2) is 7.26. The molecule has 0 aliphatic carbocycles. The van der Waals surface area contributed by atoms with Crippen molar-refractivity contribution in [3.8, 4) is 0 Å². The summed E-state index contributed by atoms with van der Waals surface area (Å²) in [5.41, 5.74) is 3.22. The van der Waals surface area contributed by atoms with Gasteiger partial charge < -0.3 is 10.6 Å². The number of nitrogens with zero attached hydrogens (tertiary/aromatic N) is 2. The second-order valence-electron chi connectivity index (χ2n) is 5.83. The van der Waals surface area contributed by atoms with Gasteiger partial charge in [-0.25, -0.2) is 8.78 Å². The number of aryl methyl sites for hydroxylation is 2. The van der Waals surface area contributed by atoms with Gasteiger partial charge in [-0.05, 0) is 49.7 Å². The number of rotatable bonds is 4. The first-order valence-electron chi connectivity index (χ1n) is 7.87. The average molecular weight is 354 g/mol. The summed E-state index contributed by atoms with van der Waals surface area (Å²) in [4.78, 5) is 12.3. The second-order valence-corrected chi connectivity index (χ2v) is 5.83. The monoisotopic (exact) mass is 354 g/mol. The average Bonchev–Trinajstić information content (AvgIpc) is 2.61. The molecule has 2 N–H and O–H groups in total. The number of hydrogen-bond acceptors (Lipinski definition) is 4. The maximum absolute atomic E-state index is 13.2. The van der Waals surface area contributed by atoms with Crippen LogP contribution in [0.15, 0.2) is 48.5 Å². The molecule has 26 heavy (non-hydrogen) atoms. The number of aromatic nitrogens is 2. The molecule has 0 aliphatic heterocycles. The molecule has 0 unspecified atom stereocenters. The van der Waals surface area contributed by atoms with Crippen molar-refractivity contribution in [1.29, 1.82) is 0 Å². The van der Waals surface area contributed by atoms with Crippen molar-refractivity contribution in [3.05, 3.63) is 77.0 Å². The normalized spacial score (nSPS) is 10.5. The number of benzene rings is 2. The first-order chi connectivity index (χ1) is 12.4. The van der Waals surface area contributed by atoms with Crippen LogP contribution >= 0.6 is 0 Å². The largest absolute Gasteiger partial charge is 0.339 e. The van der Waals surface area contributed by atoms with Crippen molar-refractivity contribution in [2.24, 2.45) is 0 Å². The van der Waals surface area contributed by atoms with Crippen LogP contribution in [0.4, 0.5) is 26.0 Å². The number of halogens is 2. The minimum Gasteiger partial charge on any atom is -0.339 e. The Labute approximate surface area is 149 Å². The van der Waals surface area contributed by atoms with Crippen LogP contribution in [0.3, 0.4) is 0 Å². The Bertz CT molecular complexity index is 958. The Balaban J connectivity index is 1.70. The predicted octanol–water partition coefficient (Wildman–Crippen LogP) is 4.37. The predicted molar refractivity (Wildman–Crippen MR) is 95.5 cm³/mol. The first-order valence-corrected chi connectivity index (χ1v) is 7.87. The van der Waals surface area contributed by atoms with Gasteiger partial charge in [0, 0.05) is 17.4 Å². The molecule has 1 heterocycles. The standard InChI is InChI=1S/C19H16F2N4O/c1-11-3-6-16(12(2)9-11)23-19(26)17-7-8-18(25-24-17)22-13-4-5-14(20)15(21)10-13/h3-10H,1-2H3,(H,22,25)(H,23,26). The Morgan fingerprint density at radius 3 is 2.38 bits per heavy atom. The topological polar surface area (TPSA) is 66.9 Å². The Morgan fingerprint density at radius 1 is 0.923 bits per heavy atom. The summed E-state index contributed by atoms with van der Waals surface area (Å²) in [6.45, 7) is 3.88. The molecule has 0 atom stereocenters. The molecule has 132 valence electrons. The highest BCUT2D eigenvalue weighted by molar-refractivity contribution is 6.03. The maximum atomic E-state index is 13.2. The van der Waals surface area contributed by atoms with Crippen LogP contribution in [0.2, 0.25) is 0 Å². The molecular formula is C19H16F2N4O. The van der Waals surface area contributed by atoms with E-state index < -0.39 is 11.6 Å². The van der Waals surface area contributed by atoms with Crippen LogP contribution in [0.5, 0.6) is 0 Å². The van der Waals surface area contributed by atoms with Crippen molar-refractivity contribution in [3.63, 3.8) is 0 Å². The zero-order chi connectivity index (χ0) is 18.7. The van der Waals surface area contributed by atoms with Gasteiger partial charge in [0.25, 0.3) is 5.91 Å². The molecule has 0 radical (unpaired) electrons. The van der Waals surface area contributed by atoms with Crippen LogP contribution in [0.1, 0.15) is 21.6 Å². The molecule has 3 rings (SSSR count). The number of carbonyl (C=O) groups is 1. The molecule has 7 heteroatoms. The van der Waals surface area contributed by atoms with E-state index in [1.165, 1.54) is 18.2 Å². The van der Waals surface area contributed by atoms with Gasteiger partial charge >= 0.3 is 0 Å². The minimum atomic E-state index is -0.965. The molecule has 0 spiro atoms. The summed E-state index contributed by atoms with van der Waals surface area (Å²) in [5, 5.41) is 13.3. The minimum absolute atomic E-state index is 0.140. The number of hydrogen-bond donors (Lipinski definition) is 2. The lowest BCUT2D eigenvalue weighted by molar-refractivity contribution is 0.102. The van der Waals surface area contributed by atoms with Gasteiger partial charge in [-0.2, -0.15) is 0 Å². The van der Waals surface area contributed by atoms with Crippen molar-refractivity contribution in [2.45, 2.75) is 13.8 Å². The van der Waals surface area contributed by atoms with E-state index in [-0.39, 0.29) is 11.6 Å². The zero-order valence-electron chi connectivity index (χ0n) is 14.2. The van der Waals surface area contributed by atoms with E-state index in [2.05, 4.69) is 20.8 Å². The van der Waals surface area contributed by atoms with Gasteiger partial charge in [0.1, 0.15) is 0 Å². The van der Waals surface area contributed by atoms with Gasteiger partial charge in [0.15, 0.2) is 23.1 Å². The highest BCUT2D eigenvalue weighted by Gasteiger charge is 2.11. The van der Waals surface area contributed by atoms with Crippen LogP contribution in [0, 0.1) is 25.5 Å². The summed E-state index contributed by atoms with van der Waals surface area (Å²) in [7, 11) is 0. The van der Waals surface area contributed by atoms with Gasteiger partial charge in [-0.3, -0.25) is 4.79 Å². The molecule has 0 aliphatic rings. The van der Waals surface area contributed by atoms with Gasteiger partial charge in [-0.15, -0.1) is 10.2 Å². The number of nitrogens with one attached hydrogen (secondary N) is 2. The number of carbonyl (C=O) groups excluding carboxylic acids is 1. The Hall–Kier alpha value is -3.35. The van der Waals surface area contributed by atoms with E-state index in [0.717, 1.165) is 23.3 Å². The van der Waals surface area contributed by atoms with Gasteiger partial charge in [0.2, 0.25) is 0 Å². The lowest BCUT2D eigenvalue weighted by Crippen LogP contribution is -2.15. The Morgan fingerprint density at radius 2 is 1.73 bits per heavy atom. The zero-order valence-corrected chi connectivity index (χ0v) is 14.2. The van der Waals surface area contributed by atoms with E-state index in [0.29, 0.717) is 17.2 Å². The van der Waals surface area contributed by atoms with Crippen LogP contribution < -0.4 is 10.6 Å². The fourth-order valence-corrected chi connectivity index (χ4v) is 2.38. The molecule has 1 aromatic heterocycles. The van der Waals surface area contributed by atoms with Gasteiger partial charge in [0.05, 0.1) is 0 Å². The summed E-state index contributed by atoms with van der Waals surface area (Å²) >= 11 is 0. The molecule has 5 nitrogen and oxygen atoms in total. The smallest absolute Gasteiger partial charge is 0.276 e. The van der Waals surface area contributed by atoms with Crippen LogP contribution in [-0.2, 0) is 0 Å². The molecule has 0 saturated heterocycles. The van der Waals surface area contributed by atoms with E-state index in [9.17, 15) is 13.6 Å². The van der Waals surface area contributed by atoms with Crippen molar-refractivity contribution in [1.82, 2.24) is 10.2 Å². The van der Waals surface area contributed by atoms with Crippen LogP contribution in [-0.4, -0.2) is 16.1 Å². The molecule has 0 fully saturated rings. The lowest BCUT2D eigenvalue weighted by Gasteiger charge is -2.09. The van der Waals surface area contributed by atoms with E-state index in [1.54, 1.807) is 0 Å². The first kappa shape index (κ1) is 17.5. The van der Waals surface area contributed by atoms with Crippen molar-refractivity contribution < 1.29 is 13.6 Å². The maximum Gasteiger partial charge on any atom is 0.276 e. The third-order valence-corrected chi connectivity index (χ3v) is 3.72. The fraction of sp³-hybridized carbons (Fsp3) is 0.105. The van der Waals surface area contributed by atoms with Crippen molar-refractivity contribution in [2.75, 3.05) is 10.6 Å². The summed E-state index contributed by atoms with van der Waals surface area (Å²) < 4.78 is 26.1. The van der Waals surface area contributed by atoms with E-state index >= 15 is 0 Å². The highest BCUT2D eigenvalue weighted by Crippen LogP contribution is 2.19. The fourth-order valence-electron chi connectivity index (χ4n) is 2.38. The summed E-state index contributed by atoms with van der Waals surface area (Å²) in [5.74, 6) is -1.98. The summed E-state index contributed by atoms with van der Waals surface area (Å²) in [6, 6.07) is 12.1. The molecule has 0 bridgehead atoms. The molecular weight excluding hydrogens is 338 g/mol. The summed E-state index contributed by atoms with van der Waals surface area (Å²) in [6.07, 6.45) is 0. The van der Waals surface area contributed by atoms with Crippen molar-refractivity contribution >= 4 is 23.1 Å². The SMILES string of the molecule is Cc1ccc(NC(=O)c2ccc(Nc3ccc(F)c(F)c3)nn2)c(C)c1. The van der Waals surface area contributed by atoms with E-state index in [4.69, 9.17) is 0 Å². The van der Waals surface area contributed by atoms with Crippen LogP contribution in [0.25, 0.3) is 0 Å². The number of anilines is 3. The molecule has 2 aromatic carbocycles. The molecule has 1 amide bonds. The third kappa shape index (κ3) is 4.00. The highest BCUT2D eigenvalue weighted by atomic mass is 19.2. The Kier molecular flexibility index (Phi) is 4.88. The number of amides is 1. The lowest BCUT2D eigenvalue weighted by atomic mass is 10.1. The van der Waals surface area contributed by atoms with Gasteiger partial charge in [-0.1, -0.05) is 17.7 Å². The van der Waals surface area contributed by atoms with E-state index in [1.807, 2.05) is 32.0 Å². The molecule has 3 aromatic rings. The molecule has 0 saturated carbocycles.